The zero-order valence-electron chi connectivity index (χ0n) is 66.0. The average Bonchev–Trinajstić information content (AvgIpc) is 1.52. The molecule has 0 radical (unpaired) electrons. The van der Waals surface area contributed by atoms with Crippen LogP contribution in [0.25, 0.3) is 44.5 Å². The van der Waals surface area contributed by atoms with Crippen molar-refractivity contribution in [2.45, 2.75) is 146 Å². The fraction of sp³-hybridized carbons (Fsp3) is 0.208. The minimum atomic E-state index is -0.263. The Bertz CT molecular complexity index is 5120. The fourth-order valence-electron chi connectivity index (χ4n) is 16.7. The second-order valence-corrected chi connectivity index (χ2v) is 31.7. The van der Waals surface area contributed by atoms with Gasteiger partial charge in [-0.1, -0.05) is 406 Å². The summed E-state index contributed by atoms with van der Waals surface area (Å²) in [5.74, 6) is 0. The van der Waals surface area contributed by atoms with Gasteiger partial charge in [-0.25, -0.2) is 0 Å². The Kier molecular flexibility index (Phi) is 22.2. The highest BCUT2D eigenvalue weighted by molar-refractivity contribution is 5.95. The van der Waals surface area contributed by atoms with Crippen molar-refractivity contribution in [1.82, 2.24) is 0 Å². The van der Waals surface area contributed by atoms with Gasteiger partial charge >= 0.3 is 0 Å². The molecule has 0 unspecified atom stereocenters. The van der Waals surface area contributed by atoms with Gasteiger partial charge < -0.3 is 0 Å². The van der Waals surface area contributed by atoms with Crippen LogP contribution in [0.1, 0.15) is 168 Å². The molecule has 4 aliphatic rings. The molecule has 0 aliphatic heterocycles. The van der Waals surface area contributed by atoms with E-state index >= 15 is 0 Å². The summed E-state index contributed by atoms with van der Waals surface area (Å²) in [5.41, 5.74) is 44.0. The molecule has 4 aliphatic carbocycles. The molecule has 0 atom stereocenters. The highest BCUT2D eigenvalue weighted by atomic mass is 14.5. The summed E-state index contributed by atoms with van der Waals surface area (Å²) < 4.78 is 0. The highest BCUT2D eigenvalue weighted by Crippen LogP contribution is 2.63. The molecule has 0 N–H and O–H groups in total. The summed E-state index contributed by atoms with van der Waals surface area (Å²) >= 11 is 0. The van der Waals surface area contributed by atoms with Crippen LogP contribution in [0, 0.1) is 90.0 Å². The summed E-state index contributed by atoms with van der Waals surface area (Å²) in [6, 6.07) is 115. The van der Waals surface area contributed by atoms with Crippen LogP contribution in [0.4, 0.5) is 0 Å². The molecular formula is C106H106. The molecule has 0 fully saturated rings. The molecule has 0 aromatic heterocycles. The Labute approximate surface area is 635 Å². The molecule has 14 aromatic carbocycles. The van der Waals surface area contributed by atoms with E-state index in [-0.39, 0.29) is 21.7 Å². The summed E-state index contributed by atoms with van der Waals surface area (Å²) in [6.07, 6.45) is 0. The van der Waals surface area contributed by atoms with Crippen LogP contribution in [0.15, 0.2) is 315 Å². The van der Waals surface area contributed by atoms with Crippen LogP contribution in [0.5, 0.6) is 0 Å². The average molecular weight is 1380 g/mol. The van der Waals surface area contributed by atoms with E-state index in [1.807, 2.05) is 0 Å². The van der Waals surface area contributed by atoms with Crippen LogP contribution >= 0.6 is 0 Å². The van der Waals surface area contributed by atoms with Gasteiger partial charge in [-0.15, -0.1) is 0 Å². The first-order valence-corrected chi connectivity index (χ1v) is 38.0. The van der Waals surface area contributed by atoms with Gasteiger partial charge in [0, 0.05) is 5.41 Å². The number of rotatable bonds is 2. The third-order valence-electron chi connectivity index (χ3n) is 22.1. The lowest BCUT2D eigenvalue weighted by Gasteiger charge is -2.34. The SMILES string of the molecule is Cc1cc(C)c(C)c(C)c1.Cc1cc(C)cc(C)c1.Cc1ccc(C(C)(C)C)cc1.Cc1ccc(C)cc1.Cc1ccc2c(c1)C(C)(C)c1ccccc1-2.Cc1ccc2c(c1)C(c1ccccc1)(c1ccccc1)c1ccccc1-2.Cc1ccc2c(c1)C1(c3ccccc3-c3ccccc31)c1ccccc1-2. The number of aryl methyl sites for hydroxylation is 12. The maximum Gasteiger partial charge on any atom is 0.0725 e. The zero-order valence-corrected chi connectivity index (χ0v) is 66.0. The van der Waals surface area contributed by atoms with E-state index in [9.17, 15) is 0 Å². The second kappa shape index (κ2) is 31.4. The molecule has 18 rings (SSSR count). The number of fused-ring (bicyclic) bond motifs is 16. The summed E-state index contributed by atoms with van der Waals surface area (Å²) in [6.45, 7) is 39.2. The van der Waals surface area contributed by atoms with Crippen LogP contribution < -0.4 is 0 Å². The molecule has 0 heteroatoms. The molecule has 106 heavy (non-hydrogen) atoms. The maximum absolute atomic E-state index is 2.40. The van der Waals surface area contributed by atoms with Gasteiger partial charge in [-0.2, -0.15) is 0 Å². The van der Waals surface area contributed by atoms with E-state index in [0.717, 1.165) is 0 Å². The minimum Gasteiger partial charge on any atom is -0.0622 e. The van der Waals surface area contributed by atoms with Gasteiger partial charge in [0.2, 0.25) is 0 Å². The third kappa shape index (κ3) is 15.0. The first kappa shape index (κ1) is 74.8. The molecule has 0 nitrogen and oxygen atoms in total. The lowest BCUT2D eigenvalue weighted by Crippen LogP contribution is -2.28. The lowest BCUT2D eigenvalue weighted by molar-refractivity contribution is 0.590. The van der Waals surface area contributed by atoms with Gasteiger partial charge in [0.1, 0.15) is 0 Å². The molecule has 0 saturated carbocycles. The Balaban J connectivity index is 0.000000122. The normalized spacial score (nSPS) is 13.0. The Morgan fingerprint density at radius 1 is 0.198 bits per heavy atom. The first-order chi connectivity index (χ1) is 50.8. The summed E-state index contributed by atoms with van der Waals surface area (Å²) in [7, 11) is 0. The first-order valence-electron chi connectivity index (χ1n) is 38.0. The van der Waals surface area contributed by atoms with Crippen molar-refractivity contribution < 1.29 is 0 Å². The molecule has 0 saturated heterocycles. The van der Waals surface area contributed by atoms with Gasteiger partial charge in [-0.05, 0) is 218 Å². The van der Waals surface area contributed by atoms with E-state index in [0.29, 0.717) is 0 Å². The predicted octanol–water partition coefficient (Wildman–Crippen LogP) is 28.1. The predicted molar refractivity (Wildman–Crippen MR) is 457 cm³/mol. The highest BCUT2D eigenvalue weighted by Gasteiger charge is 2.52. The Hall–Kier alpha value is -10.9. The van der Waals surface area contributed by atoms with Gasteiger partial charge in [-0.3, -0.25) is 0 Å². The fourth-order valence-corrected chi connectivity index (χ4v) is 16.7. The van der Waals surface area contributed by atoms with Crippen molar-refractivity contribution in [2.24, 2.45) is 0 Å². The van der Waals surface area contributed by atoms with Gasteiger partial charge in [0.15, 0.2) is 0 Å². The molecule has 0 heterocycles. The quantitative estimate of drug-likeness (QED) is 0.162. The van der Waals surface area contributed by atoms with Gasteiger partial charge in [0.25, 0.3) is 0 Å². The standard InChI is InChI=1S/C26H18.C26H20.C16H16.C11H16.C10H14.C9H12.C8H10/c1-17-14-15-21-20-10-4-7-13-24(20)26(25(21)16-17)22-11-5-2-8-18(22)19-9-3-6-12-23(19)26;1-19-16-17-23-22-14-8-9-15-24(22)26(25(23)18-19,20-10-4-2-5-11-20)21-12-6-3-7-13-21;1-11-8-9-13-12-6-4-5-7-14(12)16(2,3)15(13)10-11;1-9-5-7-10(8-6-9)11(2,3)4;1-7-5-8(2)10(4)9(3)6-7;1-7-4-8(2)6-9(3)5-7;1-7-3-5-8(2)6-4-7/h2-16H,1H3;2-18H,1H3;4-10H,1-3H3;5-8H,1-4H3;5-6H,1-4H3;4-6H,1-3H3;3-6H,1-2H3. The molecule has 1 spiro atoms. The van der Waals surface area contributed by atoms with Crippen LogP contribution in [0.3, 0.4) is 0 Å². The smallest absolute Gasteiger partial charge is 0.0622 e. The van der Waals surface area contributed by atoms with E-state index in [1.54, 1.807) is 0 Å². The minimum absolute atomic E-state index is 0.151. The van der Waals surface area contributed by atoms with E-state index in [1.165, 1.54) is 178 Å². The molecular weight excluding hydrogens is 1270 g/mol. The lowest BCUT2D eigenvalue weighted by atomic mass is 9.67. The van der Waals surface area contributed by atoms with E-state index in [2.05, 4.69) is 440 Å². The van der Waals surface area contributed by atoms with Crippen molar-refractivity contribution in [2.75, 3.05) is 0 Å². The van der Waals surface area contributed by atoms with Gasteiger partial charge in [0.05, 0.1) is 10.8 Å². The van der Waals surface area contributed by atoms with E-state index < -0.39 is 0 Å². The molecule has 0 bridgehead atoms. The largest absolute Gasteiger partial charge is 0.0725 e. The number of benzene rings is 14. The Morgan fingerprint density at radius 3 is 0.811 bits per heavy atom. The van der Waals surface area contributed by atoms with Crippen molar-refractivity contribution in [3.8, 4) is 44.5 Å². The summed E-state index contributed by atoms with van der Waals surface area (Å²) in [5, 5.41) is 0. The second-order valence-electron chi connectivity index (χ2n) is 31.7. The molecule has 0 amide bonds. The Morgan fingerprint density at radius 2 is 0.453 bits per heavy atom. The molecule has 14 aromatic rings. The van der Waals surface area contributed by atoms with Crippen molar-refractivity contribution in [1.29, 1.82) is 0 Å². The van der Waals surface area contributed by atoms with Crippen molar-refractivity contribution in [3.63, 3.8) is 0 Å². The third-order valence-corrected chi connectivity index (χ3v) is 22.1. The van der Waals surface area contributed by atoms with E-state index in [4.69, 9.17) is 0 Å². The molecule has 530 valence electrons. The monoisotopic (exact) mass is 1380 g/mol. The maximum atomic E-state index is 2.40. The van der Waals surface area contributed by atoms with Crippen molar-refractivity contribution in [3.05, 3.63) is 449 Å². The van der Waals surface area contributed by atoms with Crippen molar-refractivity contribution >= 4 is 0 Å². The van der Waals surface area contributed by atoms with Crippen LogP contribution in [0.2, 0.25) is 0 Å². The van der Waals surface area contributed by atoms with Crippen LogP contribution in [-0.4, -0.2) is 0 Å². The number of hydrogen-bond donors (Lipinski definition) is 0. The summed E-state index contributed by atoms with van der Waals surface area (Å²) in [4.78, 5) is 0. The zero-order chi connectivity index (χ0) is 75.2. The van der Waals surface area contributed by atoms with Crippen LogP contribution in [-0.2, 0) is 21.7 Å². The topological polar surface area (TPSA) is 0 Å². The number of hydrogen-bond acceptors (Lipinski definition) is 0.